The van der Waals surface area contributed by atoms with E-state index in [1.165, 1.54) is 0 Å². The Hall–Kier alpha value is -1.69. The van der Waals surface area contributed by atoms with Crippen LogP contribution < -0.4 is 5.73 Å². The van der Waals surface area contributed by atoms with Crippen molar-refractivity contribution < 1.29 is 13.2 Å². The maximum atomic E-state index is 10.9. The van der Waals surface area contributed by atoms with Crippen molar-refractivity contribution in [2.24, 2.45) is 10.1 Å². The molecule has 80 valence electrons. The van der Waals surface area contributed by atoms with Crippen LogP contribution in [0.2, 0.25) is 0 Å². The average molecular weight is 226 g/mol. The molecule has 0 aromatic heterocycles. The highest BCUT2D eigenvalue weighted by Gasteiger charge is 2.14. The second-order valence-corrected chi connectivity index (χ2v) is 3.58. The highest BCUT2D eigenvalue weighted by atomic mass is 32.2. The van der Waals surface area contributed by atoms with Crippen LogP contribution in [-0.4, -0.2) is 20.4 Å². The molecule has 5 nitrogen and oxygen atoms in total. The predicted octanol–water partition coefficient (Wildman–Crippen LogP) is 0.146. The van der Waals surface area contributed by atoms with Gasteiger partial charge in [-0.3, -0.25) is 4.79 Å². The van der Waals surface area contributed by atoms with Crippen LogP contribution in [0.25, 0.3) is 0 Å². The Morgan fingerprint density at radius 3 is 2.40 bits per heavy atom. The minimum atomic E-state index is -2.62. The van der Waals surface area contributed by atoms with Gasteiger partial charge < -0.3 is 5.73 Å². The van der Waals surface area contributed by atoms with Crippen LogP contribution >= 0.6 is 0 Å². The molecule has 1 aromatic carbocycles. The van der Waals surface area contributed by atoms with Gasteiger partial charge in [-0.2, -0.15) is 12.8 Å². The van der Waals surface area contributed by atoms with Gasteiger partial charge in [0, 0.05) is 6.42 Å². The molecule has 0 aliphatic carbocycles. The third kappa shape index (κ3) is 3.90. The fourth-order valence-corrected chi connectivity index (χ4v) is 1.52. The smallest absolute Gasteiger partial charge is 0.311 e. The molecule has 0 heterocycles. The first-order chi connectivity index (χ1) is 7.09. The van der Waals surface area contributed by atoms with Crippen LogP contribution in [0.5, 0.6) is 0 Å². The molecular formula is C9H10N2O3S. The molecule has 1 atom stereocenters. The molecule has 2 N–H and O–H groups in total. The van der Waals surface area contributed by atoms with Crippen LogP contribution in [0.15, 0.2) is 34.7 Å². The fraction of sp³-hybridized carbons (Fsp3) is 0.222. The lowest BCUT2D eigenvalue weighted by molar-refractivity contribution is -0.119. The summed E-state index contributed by atoms with van der Waals surface area (Å²) < 4.78 is 23.9. The molecule has 0 aliphatic heterocycles. The summed E-state index contributed by atoms with van der Waals surface area (Å²) in [6.45, 7) is 0. The SMILES string of the molecule is NC(=O)C(Cc1ccccc1)N=S(=O)=O. The second-order valence-electron chi connectivity index (χ2n) is 2.93. The van der Waals surface area contributed by atoms with Crippen molar-refractivity contribution in [2.45, 2.75) is 12.5 Å². The highest BCUT2D eigenvalue weighted by molar-refractivity contribution is 7.61. The quantitative estimate of drug-likeness (QED) is 0.792. The van der Waals surface area contributed by atoms with Gasteiger partial charge in [0.05, 0.1) is 0 Å². The number of carbonyl (C=O) groups excluding carboxylic acids is 1. The Labute approximate surface area is 88.6 Å². The summed E-state index contributed by atoms with van der Waals surface area (Å²) in [4.78, 5) is 10.9. The maximum absolute atomic E-state index is 10.9. The Bertz CT molecular complexity index is 459. The third-order valence-electron chi connectivity index (χ3n) is 1.81. The van der Waals surface area contributed by atoms with Crippen LogP contribution in [0.3, 0.4) is 0 Å². The van der Waals surface area contributed by atoms with Gasteiger partial charge in [0.1, 0.15) is 6.04 Å². The number of carbonyl (C=O) groups is 1. The van der Waals surface area contributed by atoms with Gasteiger partial charge >= 0.3 is 10.5 Å². The van der Waals surface area contributed by atoms with E-state index in [-0.39, 0.29) is 6.42 Å². The number of hydrogen-bond acceptors (Lipinski definition) is 4. The lowest BCUT2D eigenvalue weighted by atomic mass is 10.1. The molecule has 1 unspecified atom stereocenters. The van der Waals surface area contributed by atoms with E-state index in [2.05, 4.69) is 4.36 Å². The third-order valence-corrected chi connectivity index (χ3v) is 2.24. The van der Waals surface area contributed by atoms with E-state index in [9.17, 15) is 13.2 Å². The summed E-state index contributed by atoms with van der Waals surface area (Å²) in [7, 11) is -2.62. The number of amides is 1. The Kier molecular flexibility index (Phi) is 3.99. The zero-order chi connectivity index (χ0) is 11.3. The van der Waals surface area contributed by atoms with Crippen LogP contribution in [-0.2, 0) is 21.7 Å². The zero-order valence-corrected chi connectivity index (χ0v) is 8.65. The van der Waals surface area contributed by atoms with E-state index in [4.69, 9.17) is 5.73 Å². The molecular weight excluding hydrogens is 216 g/mol. The predicted molar refractivity (Wildman–Crippen MR) is 54.5 cm³/mol. The minimum Gasteiger partial charge on any atom is -0.368 e. The van der Waals surface area contributed by atoms with Gasteiger partial charge in [-0.05, 0) is 5.56 Å². The van der Waals surface area contributed by atoms with Crippen molar-refractivity contribution in [3.8, 4) is 0 Å². The zero-order valence-electron chi connectivity index (χ0n) is 7.83. The lowest BCUT2D eigenvalue weighted by Gasteiger charge is -2.05. The highest BCUT2D eigenvalue weighted by Crippen LogP contribution is 2.05. The first-order valence-corrected chi connectivity index (χ1v) is 5.26. The molecule has 0 saturated carbocycles. The Balaban J connectivity index is 2.86. The molecule has 1 rings (SSSR count). The van der Waals surface area contributed by atoms with Crippen LogP contribution in [0.1, 0.15) is 5.56 Å². The summed E-state index contributed by atoms with van der Waals surface area (Å²) in [5.74, 6) is -0.747. The average Bonchev–Trinajstić information content (AvgIpc) is 2.17. The molecule has 0 radical (unpaired) electrons. The van der Waals surface area contributed by atoms with Crippen molar-refractivity contribution in [3.63, 3.8) is 0 Å². The van der Waals surface area contributed by atoms with Gasteiger partial charge in [0.2, 0.25) is 5.91 Å². The van der Waals surface area contributed by atoms with Crippen molar-refractivity contribution in [3.05, 3.63) is 35.9 Å². The number of nitrogens with two attached hydrogens (primary N) is 1. The van der Waals surface area contributed by atoms with E-state index in [1.54, 1.807) is 24.3 Å². The standard InChI is InChI=1S/C9H10N2O3S/c10-9(12)8(11-15(13)14)6-7-4-2-1-3-5-7/h1-5,8H,6H2,(H2,10,12). The normalized spacial score (nSPS) is 11.7. The van der Waals surface area contributed by atoms with Crippen molar-refractivity contribution >= 4 is 16.4 Å². The summed E-state index contributed by atoms with van der Waals surface area (Å²) in [5, 5.41) is 0. The molecule has 0 spiro atoms. The summed E-state index contributed by atoms with van der Waals surface area (Å²) in [5.41, 5.74) is 5.84. The fourth-order valence-electron chi connectivity index (χ4n) is 1.13. The molecule has 1 aromatic rings. The lowest BCUT2D eigenvalue weighted by Crippen LogP contribution is -2.28. The van der Waals surface area contributed by atoms with Gasteiger partial charge in [0.15, 0.2) is 0 Å². The second kappa shape index (κ2) is 5.26. The number of benzene rings is 1. The number of nitrogens with zero attached hydrogens (tertiary/aromatic N) is 1. The van der Waals surface area contributed by atoms with E-state index in [0.29, 0.717) is 0 Å². The minimum absolute atomic E-state index is 0.199. The topological polar surface area (TPSA) is 89.6 Å². The van der Waals surface area contributed by atoms with E-state index in [0.717, 1.165) is 5.56 Å². The Morgan fingerprint density at radius 1 is 1.33 bits per heavy atom. The summed E-state index contributed by atoms with van der Waals surface area (Å²) in [6.07, 6.45) is 0.199. The molecule has 0 aliphatic rings. The van der Waals surface area contributed by atoms with Gasteiger partial charge in [-0.25, -0.2) is 0 Å². The van der Waals surface area contributed by atoms with Crippen molar-refractivity contribution in [1.29, 1.82) is 0 Å². The molecule has 0 fully saturated rings. The Morgan fingerprint density at radius 2 is 1.93 bits per heavy atom. The molecule has 0 saturated heterocycles. The van der Waals surface area contributed by atoms with Gasteiger partial charge in [-0.15, -0.1) is 0 Å². The molecule has 1 amide bonds. The van der Waals surface area contributed by atoms with E-state index >= 15 is 0 Å². The van der Waals surface area contributed by atoms with Gasteiger partial charge in [0.25, 0.3) is 0 Å². The van der Waals surface area contributed by atoms with E-state index < -0.39 is 22.4 Å². The monoisotopic (exact) mass is 226 g/mol. The maximum Gasteiger partial charge on any atom is 0.311 e. The van der Waals surface area contributed by atoms with Crippen LogP contribution in [0, 0.1) is 0 Å². The number of hydrogen-bond donors (Lipinski definition) is 1. The summed E-state index contributed by atoms with van der Waals surface area (Å²) >= 11 is 0. The van der Waals surface area contributed by atoms with Gasteiger partial charge in [-0.1, -0.05) is 30.3 Å². The first-order valence-electron chi connectivity index (χ1n) is 4.23. The van der Waals surface area contributed by atoms with E-state index in [1.807, 2.05) is 6.07 Å². The molecule has 6 heteroatoms. The number of rotatable bonds is 4. The van der Waals surface area contributed by atoms with Crippen molar-refractivity contribution in [2.75, 3.05) is 0 Å². The molecule has 15 heavy (non-hydrogen) atoms. The van der Waals surface area contributed by atoms with Crippen molar-refractivity contribution in [1.82, 2.24) is 0 Å². The number of primary amides is 1. The largest absolute Gasteiger partial charge is 0.368 e. The van der Waals surface area contributed by atoms with Crippen LogP contribution in [0.4, 0.5) is 0 Å². The first kappa shape index (κ1) is 11.4. The summed E-state index contributed by atoms with van der Waals surface area (Å²) in [6, 6.07) is 7.94. The molecule has 0 bridgehead atoms.